The largest absolute Gasteiger partial charge is 0.405 e. The van der Waals surface area contributed by atoms with Gasteiger partial charge in [-0.2, -0.15) is 13.2 Å². The van der Waals surface area contributed by atoms with Crippen LogP contribution in [0.15, 0.2) is 0 Å². The fourth-order valence-electron chi connectivity index (χ4n) is 0.641. The molecule has 0 aliphatic carbocycles. The van der Waals surface area contributed by atoms with Gasteiger partial charge in [0.05, 0.1) is 6.61 Å². The number of alkyl halides is 3. The third-order valence-corrected chi connectivity index (χ3v) is 1.42. The Labute approximate surface area is 80.0 Å². The Balaban J connectivity index is 3.73. The SMILES string of the molecule is COCCN(C)C(=O)NCC(F)(F)F. The molecule has 0 spiro atoms. The molecule has 0 unspecified atom stereocenters. The van der Waals surface area contributed by atoms with E-state index in [2.05, 4.69) is 4.74 Å². The zero-order chi connectivity index (χ0) is 11.2. The van der Waals surface area contributed by atoms with E-state index in [0.29, 0.717) is 0 Å². The summed E-state index contributed by atoms with van der Waals surface area (Å²) in [5.74, 6) is 0. The van der Waals surface area contributed by atoms with Crippen LogP contribution in [0.3, 0.4) is 0 Å². The zero-order valence-corrected chi connectivity index (χ0v) is 8.02. The first-order valence-electron chi connectivity index (χ1n) is 3.91. The van der Waals surface area contributed by atoms with Gasteiger partial charge < -0.3 is 15.0 Å². The summed E-state index contributed by atoms with van der Waals surface area (Å²) in [7, 11) is 2.84. The molecule has 14 heavy (non-hydrogen) atoms. The maximum Gasteiger partial charge on any atom is 0.405 e. The number of nitrogens with one attached hydrogen (secondary N) is 1. The minimum Gasteiger partial charge on any atom is -0.383 e. The van der Waals surface area contributed by atoms with Crippen LogP contribution in [0.25, 0.3) is 0 Å². The number of likely N-dealkylation sites (N-methyl/N-ethyl adjacent to an activating group) is 1. The average Bonchev–Trinajstić information content (AvgIpc) is 2.09. The molecule has 0 bridgehead atoms. The molecule has 0 rings (SSSR count). The second kappa shape index (κ2) is 5.69. The molecule has 0 atom stereocenters. The summed E-state index contributed by atoms with van der Waals surface area (Å²) in [5.41, 5.74) is 0. The quantitative estimate of drug-likeness (QED) is 0.753. The summed E-state index contributed by atoms with van der Waals surface area (Å²) in [6, 6.07) is -0.764. The predicted octanol–water partition coefficient (Wildman–Crippen LogP) is 0.837. The van der Waals surface area contributed by atoms with Crippen LogP contribution in [0.5, 0.6) is 0 Å². The summed E-state index contributed by atoms with van der Waals surface area (Å²) in [4.78, 5) is 12.1. The molecule has 0 radical (unpaired) electrons. The molecule has 0 aliphatic rings. The Bertz CT molecular complexity index is 184. The van der Waals surface area contributed by atoms with E-state index in [1.807, 2.05) is 0 Å². The third-order valence-electron chi connectivity index (χ3n) is 1.42. The van der Waals surface area contributed by atoms with Crippen molar-refractivity contribution in [2.24, 2.45) is 0 Å². The standard InChI is InChI=1S/C7H13F3N2O2/c1-12(3-4-14-2)6(13)11-5-7(8,9)10/h3-5H2,1-2H3,(H,11,13). The lowest BCUT2D eigenvalue weighted by Crippen LogP contribution is -2.42. The number of hydrogen-bond donors (Lipinski definition) is 1. The van der Waals surface area contributed by atoms with Crippen molar-refractivity contribution in [3.05, 3.63) is 0 Å². The summed E-state index contributed by atoms with van der Waals surface area (Å²) in [5, 5.41) is 1.74. The third kappa shape index (κ3) is 6.53. The summed E-state index contributed by atoms with van der Waals surface area (Å²) >= 11 is 0. The summed E-state index contributed by atoms with van der Waals surface area (Å²) < 4.78 is 39.7. The van der Waals surface area contributed by atoms with Crippen molar-refractivity contribution >= 4 is 6.03 Å². The van der Waals surface area contributed by atoms with Crippen molar-refractivity contribution in [2.75, 3.05) is 33.9 Å². The second-order valence-corrected chi connectivity index (χ2v) is 2.69. The van der Waals surface area contributed by atoms with E-state index in [-0.39, 0.29) is 13.2 Å². The molecule has 2 amide bonds. The first kappa shape index (κ1) is 13.0. The lowest BCUT2D eigenvalue weighted by atomic mass is 10.5. The number of rotatable bonds is 4. The van der Waals surface area contributed by atoms with Crippen molar-refractivity contribution in [2.45, 2.75) is 6.18 Å². The number of halogens is 3. The van der Waals surface area contributed by atoms with Gasteiger partial charge in [-0.05, 0) is 0 Å². The number of carbonyl (C=O) groups is 1. The van der Waals surface area contributed by atoms with Crippen LogP contribution >= 0.6 is 0 Å². The number of carbonyl (C=O) groups excluding carboxylic acids is 1. The highest BCUT2D eigenvalue weighted by molar-refractivity contribution is 5.73. The minimum atomic E-state index is -4.38. The van der Waals surface area contributed by atoms with Crippen LogP contribution < -0.4 is 5.32 Å². The van der Waals surface area contributed by atoms with Crippen molar-refractivity contribution in [1.82, 2.24) is 10.2 Å². The lowest BCUT2D eigenvalue weighted by Gasteiger charge is -2.17. The molecular weight excluding hydrogens is 201 g/mol. The van der Waals surface area contributed by atoms with Gasteiger partial charge in [-0.3, -0.25) is 0 Å². The molecule has 0 fully saturated rings. The van der Waals surface area contributed by atoms with Gasteiger partial charge in [0.1, 0.15) is 6.54 Å². The Morgan fingerprint density at radius 2 is 2.07 bits per heavy atom. The number of amides is 2. The van der Waals surface area contributed by atoms with Gasteiger partial charge in [0.15, 0.2) is 0 Å². The second-order valence-electron chi connectivity index (χ2n) is 2.69. The van der Waals surface area contributed by atoms with Crippen LogP contribution in [-0.4, -0.2) is 51.0 Å². The van der Waals surface area contributed by atoms with Crippen LogP contribution in [0, 0.1) is 0 Å². The van der Waals surface area contributed by atoms with E-state index in [0.717, 1.165) is 4.90 Å². The Hall–Kier alpha value is -0.980. The van der Waals surface area contributed by atoms with E-state index in [9.17, 15) is 18.0 Å². The average molecular weight is 214 g/mol. The van der Waals surface area contributed by atoms with Crippen molar-refractivity contribution in [1.29, 1.82) is 0 Å². The topological polar surface area (TPSA) is 41.6 Å². The number of ether oxygens (including phenoxy) is 1. The van der Waals surface area contributed by atoms with E-state index in [1.165, 1.54) is 14.2 Å². The van der Waals surface area contributed by atoms with Crippen molar-refractivity contribution in [3.8, 4) is 0 Å². The molecule has 0 saturated carbocycles. The Kier molecular flexibility index (Phi) is 5.29. The zero-order valence-electron chi connectivity index (χ0n) is 8.02. The highest BCUT2D eigenvalue weighted by Crippen LogP contribution is 2.12. The molecule has 0 saturated heterocycles. The molecule has 0 aliphatic heterocycles. The predicted molar refractivity (Wildman–Crippen MR) is 44.0 cm³/mol. The summed E-state index contributed by atoms with van der Waals surface area (Å²) in [6.45, 7) is -0.778. The van der Waals surface area contributed by atoms with E-state index >= 15 is 0 Å². The number of methoxy groups -OCH3 is 1. The smallest absolute Gasteiger partial charge is 0.383 e. The summed E-state index contributed by atoms with van der Waals surface area (Å²) in [6.07, 6.45) is -4.38. The maximum absolute atomic E-state index is 11.7. The lowest BCUT2D eigenvalue weighted by molar-refractivity contribution is -0.123. The van der Waals surface area contributed by atoms with Crippen LogP contribution in [-0.2, 0) is 4.74 Å². The Morgan fingerprint density at radius 1 is 1.50 bits per heavy atom. The fraction of sp³-hybridized carbons (Fsp3) is 0.857. The molecule has 0 aromatic heterocycles. The maximum atomic E-state index is 11.7. The van der Waals surface area contributed by atoms with E-state index in [4.69, 9.17) is 0 Å². The molecule has 1 N–H and O–H groups in total. The van der Waals surface area contributed by atoms with Gasteiger partial charge in [0.25, 0.3) is 0 Å². The molecule has 84 valence electrons. The highest BCUT2D eigenvalue weighted by atomic mass is 19.4. The Morgan fingerprint density at radius 3 is 2.50 bits per heavy atom. The normalized spacial score (nSPS) is 11.2. The van der Waals surface area contributed by atoms with Gasteiger partial charge in [-0.15, -0.1) is 0 Å². The van der Waals surface area contributed by atoms with Crippen molar-refractivity contribution < 1.29 is 22.7 Å². The van der Waals surface area contributed by atoms with Gasteiger partial charge in [0, 0.05) is 20.7 Å². The van der Waals surface area contributed by atoms with Crippen molar-refractivity contribution in [3.63, 3.8) is 0 Å². The van der Waals surface area contributed by atoms with E-state index in [1.54, 1.807) is 5.32 Å². The van der Waals surface area contributed by atoms with Crippen LogP contribution in [0.4, 0.5) is 18.0 Å². The highest BCUT2D eigenvalue weighted by Gasteiger charge is 2.28. The van der Waals surface area contributed by atoms with Gasteiger partial charge in [-0.25, -0.2) is 4.79 Å². The van der Waals surface area contributed by atoms with Gasteiger partial charge >= 0.3 is 12.2 Å². The van der Waals surface area contributed by atoms with Gasteiger partial charge in [-0.1, -0.05) is 0 Å². The van der Waals surface area contributed by atoms with Crippen LogP contribution in [0.1, 0.15) is 0 Å². The molecular formula is C7H13F3N2O2. The first-order valence-corrected chi connectivity index (χ1v) is 3.91. The van der Waals surface area contributed by atoms with E-state index < -0.39 is 18.8 Å². The molecule has 0 aromatic rings. The molecule has 0 aromatic carbocycles. The monoisotopic (exact) mass is 214 g/mol. The molecule has 0 heterocycles. The number of nitrogens with zero attached hydrogens (tertiary/aromatic N) is 1. The number of urea groups is 1. The first-order chi connectivity index (χ1) is 6.37. The molecule has 7 heteroatoms. The minimum absolute atomic E-state index is 0.250. The fourth-order valence-corrected chi connectivity index (χ4v) is 0.641. The van der Waals surface area contributed by atoms with Gasteiger partial charge in [0.2, 0.25) is 0 Å². The van der Waals surface area contributed by atoms with Crippen LogP contribution in [0.2, 0.25) is 0 Å². The number of hydrogen-bond acceptors (Lipinski definition) is 2. The molecule has 4 nitrogen and oxygen atoms in total.